The monoisotopic (exact) mass is 450 g/mol. The summed E-state index contributed by atoms with van der Waals surface area (Å²) in [5.74, 6) is -0.0975. The predicted octanol–water partition coefficient (Wildman–Crippen LogP) is 3.08. The summed E-state index contributed by atoms with van der Waals surface area (Å²) in [6.07, 6.45) is 3.78. The summed E-state index contributed by atoms with van der Waals surface area (Å²) >= 11 is 0. The second-order valence-electron chi connectivity index (χ2n) is 6.69. The standard InChI is InChI=1S/C25H26N2O6/c1-4-7-19-8-5-6-9-21(19)32-17-24(28)33-22-11-10-18(15-23(22)31-3)14-20(16-26)25(29)27-12-13-30-2/h4-6,8-11,14-15H,1,7,12-13,17H2,2-3H3,(H,27,29)/b20-14+. The number of nitrogens with zero attached hydrogens (tertiary/aromatic N) is 1. The Kier molecular flexibility index (Phi) is 10.2. The molecule has 2 aromatic rings. The van der Waals surface area contributed by atoms with Crippen LogP contribution in [0.1, 0.15) is 11.1 Å². The zero-order valence-electron chi connectivity index (χ0n) is 18.6. The largest absolute Gasteiger partial charge is 0.493 e. The normalized spacial score (nSPS) is 10.6. The summed E-state index contributed by atoms with van der Waals surface area (Å²) < 4.78 is 21.1. The minimum Gasteiger partial charge on any atom is -0.493 e. The van der Waals surface area contributed by atoms with Crippen molar-refractivity contribution in [1.82, 2.24) is 5.32 Å². The number of methoxy groups -OCH3 is 2. The molecule has 0 atom stereocenters. The number of carbonyl (C=O) groups excluding carboxylic acids is 2. The van der Waals surface area contributed by atoms with Crippen LogP contribution in [0.3, 0.4) is 0 Å². The van der Waals surface area contributed by atoms with Gasteiger partial charge in [-0.05, 0) is 41.8 Å². The van der Waals surface area contributed by atoms with Crippen LogP contribution in [0.4, 0.5) is 0 Å². The van der Waals surface area contributed by atoms with Crippen LogP contribution in [-0.4, -0.2) is 45.9 Å². The molecule has 8 nitrogen and oxygen atoms in total. The highest BCUT2D eigenvalue weighted by Crippen LogP contribution is 2.29. The Morgan fingerprint density at radius 2 is 1.91 bits per heavy atom. The third kappa shape index (κ3) is 7.83. The van der Waals surface area contributed by atoms with Gasteiger partial charge in [-0.2, -0.15) is 5.26 Å². The Bertz CT molecular complexity index is 1060. The molecule has 2 rings (SSSR count). The van der Waals surface area contributed by atoms with Gasteiger partial charge in [0.15, 0.2) is 18.1 Å². The second kappa shape index (κ2) is 13.3. The Labute approximate surface area is 193 Å². The summed E-state index contributed by atoms with van der Waals surface area (Å²) in [7, 11) is 2.94. The highest BCUT2D eigenvalue weighted by atomic mass is 16.6. The SMILES string of the molecule is C=CCc1ccccc1OCC(=O)Oc1ccc(/C=C(\C#N)C(=O)NCCOC)cc1OC. The number of para-hydroxylation sites is 1. The van der Waals surface area contributed by atoms with E-state index in [0.29, 0.717) is 24.3 Å². The van der Waals surface area contributed by atoms with Crippen LogP contribution in [0.2, 0.25) is 0 Å². The summed E-state index contributed by atoms with van der Waals surface area (Å²) in [5.41, 5.74) is 1.36. The number of rotatable bonds is 12. The molecule has 1 N–H and O–H groups in total. The molecule has 1 amide bonds. The lowest BCUT2D eigenvalue weighted by molar-refractivity contribution is -0.136. The van der Waals surface area contributed by atoms with Gasteiger partial charge in [0.25, 0.3) is 5.91 Å². The van der Waals surface area contributed by atoms with Gasteiger partial charge in [-0.15, -0.1) is 6.58 Å². The van der Waals surface area contributed by atoms with E-state index in [-0.39, 0.29) is 30.2 Å². The van der Waals surface area contributed by atoms with E-state index in [2.05, 4.69) is 11.9 Å². The van der Waals surface area contributed by atoms with Crippen molar-refractivity contribution in [3.8, 4) is 23.3 Å². The summed E-state index contributed by atoms with van der Waals surface area (Å²) in [6.45, 7) is 4.04. The molecule has 33 heavy (non-hydrogen) atoms. The molecule has 0 fully saturated rings. The van der Waals surface area contributed by atoms with E-state index in [9.17, 15) is 14.9 Å². The first-order valence-corrected chi connectivity index (χ1v) is 10.1. The van der Waals surface area contributed by atoms with E-state index in [1.165, 1.54) is 26.4 Å². The van der Waals surface area contributed by atoms with Gasteiger partial charge in [-0.3, -0.25) is 4.79 Å². The number of allylic oxidation sites excluding steroid dienone is 1. The molecule has 0 saturated carbocycles. The number of esters is 1. The van der Waals surface area contributed by atoms with E-state index in [1.54, 1.807) is 24.3 Å². The molecule has 0 aromatic heterocycles. The minimum atomic E-state index is -0.611. The van der Waals surface area contributed by atoms with Crippen molar-refractivity contribution < 1.29 is 28.5 Å². The highest BCUT2D eigenvalue weighted by molar-refractivity contribution is 6.01. The molecule has 0 aliphatic rings. The first kappa shape index (κ1) is 25.2. The van der Waals surface area contributed by atoms with Gasteiger partial charge >= 0.3 is 5.97 Å². The Morgan fingerprint density at radius 3 is 2.61 bits per heavy atom. The van der Waals surface area contributed by atoms with Gasteiger partial charge < -0.3 is 24.3 Å². The highest BCUT2D eigenvalue weighted by Gasteiger charge is 2.14. The molecule has 172 valence electrons. The van der Waals surface area contributed by atoms with Gasteiger partial charge in [-0.1, -0.05) is 30.3 Å². The molecule has 0 heterocycles. The summed E-state index contributed by atoms with van der Waals surface area (Å²) in [4.78, 5) is 24.4. The minimum absolute atomic E-state index is 0.0792. The molecule has 2 aromatic carbocycles. The van der Waals surface area contributed by atoms with Gasteiger partial charge in [0, 0.05) is 13.7 Å². The van der Waals surface area contributed by atoms with Crippen LogP contribution in [0, 0.1) is 11.3 Å². The Balaban J connectivity index is 2.07. The van der Waals surface area contributed by atoms with Gasteiger partial charge in [-0.25, -0.2) is 4.79 Å². The van der Waals surface area contributed by atoms with Crippen molar-refractivity contribution in [3.63, 3.8) is 0 Å². The molecule has 0 bridgehead atoms. The van der Waals surface area contributed by atoms with Crippen LogP contribution in [-0.2, 0) is 20.7 Å². The van der Waals surface area contributed by atoms with E-state index >= 15 is 0 Å². The average molecular weight is 450 g/mol. The first-order valence-electron chi connectivity index (χ1n) is 10.1. The zero-order valence-corrected chi connectivity index (χ0v) is 18.6. The molecular formula is C25H26N2O6. The van der Waals surface area contributed by atoms with Crippen molar-refractivity contribution in [3.05, 3.63) is 71.8 Å². The van der Waals surface area contributed by atoms with E-state index in [4.69, 9.17) is 18.9 Å². The zero-order chi connectivity index (χ0) is 24.1. The topological polar surface area (TPSA) is 107 Å². The van der Waals surface area contributed by atoms with Gasteiger partial charge in [0.2, 0.25) is 0 Å². The molecule has 0 aliphatic carbocycles. The van der Waals surface area contributed by atoms with Gasteiger partial charge in [0.1, 0.15) is 17.4 Å². The number of hydrogen-bond donors (Lipinski definition) is 1. The molecule has 0 unspecified atom stereocenters. The maximum Gasteiger partial charge on any atom is 0.349 e. The lowest BCUT2D eigenvalue weighted by atomic mass is 10.1. The quantitative estimate of drug-likeness (QED) is 0.132. The molecular weight excluding hydrogens is 424 g/mol. The molecule has 0 aliphatic heterocycles. The van der Waals surface area contributed by atoms with Crippen molar-refractivity contribution in [2.24, 2.45) is 0 Å². The average Bonchev–Trinajstić information content (AvgIpc) is 2.83. The van der Waals surface area contributed by atoms with E-state index in [0.717, 1.165) is 5.56 Å². The Morgan fingerprint density at radius 1 is 1.12 bits per heavy atom. The predicted molar refractivity (Wildman–Crippen MR) is 123 cm³/mol. The number of amides is 1. The lowest BCUT2D eigenvalue weighted by Crippen LogP contribution is -2.27. The van der Waals surface area contributed by atoms with Crippen molar-refractivity contribution in [1.29, 1.82) is 5.26 Å². The molecule has 0 spiro atoms. The number of ether oxygens (including phenoxy) is 4. The summed E-state index contributed by atoms with van der Waals surface area (Å²) in [5, 5.41) is 11.9. The second-order valence-corrected chi connectivity index (χ2v) is 6.69. The third-order valence-electron chi connectivity index (χ3n) is 4.36. The van der Waals surface area contributed by atoms with Gasteiger partial charge in [0.05, 0.1) is 13.7 Å². The van der Waals surface area contributed by atoms with E-state index in [1.807, 2.05) is 24.3 Å². The maximum atomic E-state index is 12.3. The lowest BCUT2D eigenvalue weighted by Gasteiger charge is -2.12. The Hall–Kier alpha value is -4.09. The number of carbonyl (C=O) groups is 2. The van der Waals surface area contributed by atoms with Crippen LogP contribution < -0.4 is 19.5 Å². The van der Waals surface area contributed by atoms with Crippen molar-refractivity contribution >= 4 is 18.0 Å². The fraction of sp³-hybridized carbons (Fsp3) is 0.240. The number of hydrogen-bond acceptors (Lipinski definition) is 7. The van der Waals surface area contributed by atoms with Crippen LogP contribution in [0.15, 0.2) is 60.7 Å². The first-order chi connectivity index (χ1) is 16.0. The van der Waals surface area contributed by atoms with Crippen molar-refractivity contribution in [2.75, 3.05) is 34.0 Å². The third-order valence-corrected chi connectivity index (χ3v) is 4.36. The van der Waals surface area contributed by atoms with Crippen LogP contribution in [0.25, 0.3) is 6.08 Å². The number of benzene rings is 2. The van der Waals surface area contributed by atoms with E-state index < -0.39 is 11.9 Å². The van der Waals surface area contributed by atoms with Crippen LogP contribution in [0.5, 0.6) is 17.2 Å². The maximum absolute atomic E-state index is 12.3. The summed E-state index contributed by atoms with van der Waals surface area (Å²) in [6, 6.07) is 13.9. The smallest absolute Gasteiger partial charge is 0.349 e. The van der Waals surface area contributed by atoms with Crippen molar-refractivity contribution in [2.45, 2.75) is 6.42 Å². The molecule has 0 saturated heterocycles. The van der Waals surface area contributed by atoms with Crippen LogP contribution >= 0.6 is 0 Å². The number of nitrogens with one attached hydrogen (secondary N) is 1. The number of nitriles is 1. The fourth-order valence-electron chi connectivity index (χ4n) is 2.79. The fourth-order valence-corrected chi connectivity index (χ4v) is 2.79. The molecule has 0 radical (unpaired) electrons. The molecule has 8 heteroatoms.